The second-order valence-corrected chi connectivity index (χ2v) is 26.3. The first-order valence-corrected chi connectivity index (χ1v) is 35.8. The Labute approximate surface area is 614 Å². The number of aliphatic hydroxyl groups excluding tert-OH is 1. The summed E-state index contributed by atoms with van der Waals surface area (Å²) >= 11 is 0. The molecule has 11 atom stereocenters. The second kappa shape index (κ2) is 44.0. The highest BCUT2D eigenvalue weighted by atomic mass is 16.3. The molecule has 1 fully saturated rings. The number of aliphatic imine (C=N–C) groups is 1. The number of aromatic nitrogens is 2. The van der Waals surface area contributed by atoms with Gasteiger partial charge in [0.05, 0.1) is 19.2 Å². The summed E-state index contributed by atoms with van der Waals surface area (Å²) in [6.45, 7) is 2.50. The summed E-state index contributed by atoms with van der Waals surface area (Å²) < 4.78 is 0. The van der Waals surface area contributed by atoms with Crippen molar-refractivity contribution in [3.05, 3.63) is 132 Å². The van der Waals surface area contributed by atoms with Crippen molar-refractivity contribution in [2.24, 2.45) is 33.7 Å². The van der Waals surface area contributed by atoms with E-state index in [0.717, 1.165) is 10.9 Å². The number of fused-ring (bicyclic) bond motifs is 1. The number of pyridine rings is 1. The quantitative estimate of drug-likeness (QED) is 0.0126. The minimum Gasteiger partial charge on any atom is -0.508 e. The molecule has 1 saturated heterocycles. The van der Waals surface area contributed by atoms with E-state index in [-0.39, 0.29) is 102 Å². The zero-order chi connectivity index (χ0) is 77.1. The van der Waals surface area contributed by atoms with Crippen LogP contribution in [0.4, 0.5) is 0 Å². The lowest BCUT2D eigenvalue weighted by Gasteiger charge is -2.28. The van der Waals surface area contributed by atoms with E-state index in [9.17, 15) is 53.4 Å². The molecule has 574 valence electrons. The van der Waals surface area contributed by atoms with Crippen molar-refractivity contribution in [2.45, 2.75) is 189 Å². The molecule has 24 N–H and O–H groups in total. The number of nitrogens with one attached hydrogen (secondary N) is 12. The van der Waals surface area contributed by atoms with Gasteiger partial charge in [0, 0.05) is 68.1 Å². The number of hydrogen-bond acceptors (Lipinski definition) is 19. The number of Topliss-reactive ketones (excluding diaryl/α,β-unsaturated/α-hetero) is 1. The Balaban J connectivity index is 1.33. The summed E-state index contributed by atoms with van der Waals surface area (Å²) in [4.78, 5) is 183. The number of para-hydroxylation sites is 1. The Bertz CT molecular complexity index is 3760. The minimum absolute atomic E-state index is 0.0115. The van der Waals surface area contributed by atoms with Crippen LogP contribution in [0.3, 0.4) is 0 Å². The number of hydrogen-bond donors (Lipinski definition) is 19. The van der Waals surface area contributed by atoms with Crippen LogP contribution in [0.1, 0.15) is 120 Å². The number of nitrogens with two attached hydrogens (primary N) is 5. The van der Waals surface area contributed by atoms with E-state index < -0.39 is 144 Å². The largest absolute Gasteiger partial charge is 0.508 e. The number of benzene rings is 3. The number of carbonyl (C=O) groups excluding carboxylic acids is 12. The van der Waals surface area contributed by atoms with Crippen LogP contribution in [0.2, 0.25) is 0 Å². The van der Waals surface area contributed by atoms with E-state index in [4.69, 9.17) is 28.7 Å². The van der Waals surface area contributed by atoms with Crippen LogP contribution in [-0.4, -0.2) is 196 Å². The van der Waals surface area contributed by atoms with Crippen LogP contribution >= 0.6 is 0 Å². The molecule has 33 heteroatoms. The molecule has 0 aliphatic carbocycles. The first-order chi connectivity index (χ1) is 50.9. The lowest BCUT2D eigenvalue weighted by Crippen LogP contribution is -2.61. The molecule has 0 saturated carbocycles. The van der Waals surface area contributed by atoms with Crippen LogP contribution in [0.25, 0.3) is 10.9 Å². The fraction of sp³-hybridized carbons (Fsp3) is 0.479. The van der Waals surface area contributed by atoms with Gasteiger partial charge in [-0.3, -0.25) is 67.5 Å². The number of guanidine groups is 1. The van der Waals surface area contributed by atoms with E-state index in [1.165, 1.54) is 43.6 Å². The van der Waals surface area contributed by atoms with Crippen molar-refractivity contribution >= 4 is 87.6 Å². The van der Waals surface area contributed by atoms with Crippen molar-refractivity contribution in [1.82, 2.24) is 68.5 Å². The average molecular weight is 1470 g/mol. The van der Waals surface area contributed by atoms with Gasteiger partial charge in [0.1, 0.15) is 72.0 Å². The first-order valence-electron chi connectivity index (χ1n) is 35.8. The number of unbranched alkanes of at least 4 members (excludes halogenated alkanes) is 2. The molecular formula is C73H103N19O14. The molecule has 2 aromatic heterocycles. The summed E-state index contributed by atoms with van der Waals surface area (Å²) in [5, 5.41) is 51.3. The maximum atomic E-state index is 15.2. The third-order valence-electron chi connectivity index (χ3n) is 17.7. The smallest absolute Gasteiger partial charge is 0.245 e. The molecule has 1 aliphatic heterocycles. The van der Waals surface area contributed by atoms with Crippen LogP contribution in [0.5, 0.6) is 5.75 Å². The molecule has 1 aliphatic rings. The Morgan fingerprint density at radius 1 is 0.613 bits per heavy atom. The van der Waals surface area contributed by atoms with Crippen LogP contribution < -0.4 is 87.2 Å². The topological polar surface area (TPSA) is 549 Å². The van der Waals surface area contributed by atoms with Crippen LogP contribution in [0, 0.1) is 0 Å². The first kappa shape index (κ1) is 84.0. The number of nitrogens with zero attached hydrogens (tertiary/aromatic N) is 2. The van der Waals surface area contributed by atoms with Crippen molar-refractivity contribution in [2.75, 3.05) is 32.8 Å². The molecule has 6 rings (SSSR count). The molecule has 0 unspecified atom stereocenters. The fourth-order valence-electron chi connectivity index (χ4n) is 11.8. The maximum Gasteiger partial charge on any atom is 0.245 e. The van der Waals surface area contributed by atoms with Gasteiger partial charge in [0.25, 0.3) is 0 Å². The number of phenolic OH excluding ortho intramolecular Hbond substituents is 1. The van der Waals surface area contributed by atoms with Gasteiger partial charge in [0.15, 0.2) is 5.96 Å². The summed E-state index contributed by atoms with van der Waals surface area (Å²) in [7, 11) is 0. The number of ketones is 1. The monoisotopic (exact) mass is 1470 g/mol. The van der Waals surface area contributed by atoms with Gasteiger partial charge in [-0.15, -0.1) is 0 Å². The van der Waals surface area contributed by atoms with Gasteiger partial charge < -0.3 is 102 Å². The van der Waals surface area contributed by atoms with E-state index in [2.05, 4.69) is 73.4 Å². The molecule has 106 heavy (non-hydrogen) atoms. The molecule has 3 aromatic carbocycles. The number of H-pyrrole nitrogens is 1. The van der Waals surface area contributed by atoms with Crippen LogP contribution in [-0.2, 0) is 83.2 Å². The summed E-state index contributed by atoms with van der Waals surface area (Å²) in [6, 6.07) is 9.13. The Morgan fingerprint density at radius 2 is 1.20 bits per heavy atom. The SMILES string of the molecule is CCCC[C@H](NC(=O)[C@H](CO)NC(=O)[C@H](Cc1ccc(O)cc1)NC(=O)[C@H](CCCCN)NC(=O)[C@H](C)N)C(=O)N[C@H]1CCC(=O)CNCCCC[C@@H](C(N)=O)NC(=O)[C@H](Cc2c[nH]c3ccccc23)NC(=O)[C@H](CCCN=C(N)N)NC(=O)[C@@H](Cc2ccccc2)NC(=O)[C@H](Cc2cccnc2)NC1=O. The van der Waals surface area contributed by atoms with Gasteiger partial charge in [-0.25, -0.2) is 0 Å². The van der Waals surface area contributed by atoms with E-state index in [0.29, 0.717) is 67.3 Å². The Hall–Kier alpha value is -10.9. The number of aromatic hydroxyl groups is 1. The summed E-state index contributed by atoms with van der Waals surface area (Å²) in [6.07, 6.45) is 5.60. The highest BCUT2D eigenvalue weighted by Gasteiger charge is 2.37. The van der Waals surface area contributed by atoms with Gasteiger partial charge in [-0.1, -0.05) is 86.5 Å². The standard InChI is InChI=1S/C73H103N19O14/c1-3-4-20-53(86-72(106)61(42-93)92-70(104)58(36-45-25-27-48(94)28-26-45)88-65(99)54(23-10-12-31-74)84-63(97)43(2)75)64(98)87-56-30-29-49(95)41-80-32-13-11-22-52(62(76)96)83-71(105)60(38-47-40-82-51-21-9-8-19-50(47)51)91-66(100)55(24-15-34-81-73(77)78)85-68(102)57(35-44-16-6-5-7-17-44)90-69(103)59(89-67(56)101)37-46-18-14-33-79-39-46/h5-9,14,16-19,21,25-28,33,39-40,43,52-61,80,82,93-94H,3-4,10-13,15,20,22-24,29-32,34-38,41-42,74-75H2,1-2H3,(H2,76,96)(H,83,105)(H,84,97)(H,85,102)(H,86,106)(H,87,98)(H,88,99)(H,89,101)(H,90,103)(H,91,100)(H,92,104)(H4,77,78,81)/t43-,52-,53-,54-,55-,56-,57+,58-,59-,60-,61-/m0/s1. The number of primary amides is 1. The molecular weight excluding hydrogens is 1370 g/mol. The van der Waals surface area contributed by atoms with Gasteiger partial charge in [-0.2, -0.15) is 0 Å². The van der Waals surface area contributed by atoms with Crippen molar-refractivity contribution < 1.29 is 67.7 Å². The number of aliphatic hydroxyl groups is 1. The highest BCUT2D eigenvalue weighted by Crippen LogP contribution is 2.21. The minimum atomic E-state index is -1.77. The van der Waals surface area contributed by atoms with E-state index in [1.807, 2.05) is 25.1 Å². The Kier molecular flexibility index (Phi) is 34.9. The summed E-state index contributed by atoms with van der Waals surface area (Å²) in [5.41, 5.74) is 31.5. The third-order valence-corrected chi connectivity index (χ3v) is 17.7. The summed E-state index contributed by atoms with van der Waals surface area (Å²) in [5.74, 6) is -10.4. The van der Waals surface area contributed by atoms with Gasteiger partial charge in [-0.05, 0) is 131 Å². The predicted octanol–water partition coefficient (Wildman–Crippen LogP) is -2.29. The molecule has 0 spiro atoms. The molecule has 3 heterocycles. The zero-order valence-electron chi connectivity index (χ0n) is 59.9. The molecule has 0 radical (unpaired) electrons. The average Bonchev–Trinajstić information content (AvgIpc) is 1.65. The predicted molar refractivity (Wildman–Crippen MR) is 394 cm³/mol. The number of amides is 11. The lowest BCUT2D eigenvalue weighted by molar-refractivity contribution is -0.136. The molecule has 11 amide bonds. The third kappa shape index (κ3) is 28.3. The fourth-order valence-corrected chi connectivity index (χ4v) is 11.8. The Morgan fingerprint density at radius 3 is 1.86 bits per heavy atom. The molecule has 5 aromatic rings. The number of carbonyl (C=O) groups is 12. The normalized spacial score (nSPS) is 19.7. The maximum absolute atomic E-state index is 15.2. The van der Waals surface area contributed by atoms with Crippen molar-refractivity contribution in [3.63, 3.8) is 0 Å². The zero-order valence-corrected chi connectivity index (χ0v) is 59.9. The number of rotatable bonds is 31. The highest BCUT2D eigenvalue weighted by molar-refractivity contribution is 6.00. The van der Waals surface area contributed by atoms with Gasteiger partial charge in [0.2, 0.25) is 65.0 Å². The van der Waals surface area contributed by atoms with Crippen molar-refractivity contribution in [3.8, 4) is 5.75 Å². The van der Waals surface area contributed by atoms with E-state index >= 15 is 14.4 Å². The number of aromatic amines is 1. The van der Waals surface area contributed by atoms with E-state index in [1.54, 1.807) is 54.7 Å². The van der Waals surface area contributed by atoms with Gasteiger partial charge >= 0.3 is 0 Å². The lowest BCUT2D eigenvalue weighted by atomic mass is 10.0. The van der Waals surface area contributed by atoms with Crippen LogP contribution in [0.15, 0.2) is 115 Å². The molecule has 0 bridgehead atoms. The number of phenols is 1. The second-order valence-electron chi connectivity index (χ2n) is 26.3. The van der Waals surface area contributed by atoms with Crippen molar-refractivity contribution in [1.29, 1.82) is 0 Å². The molecule has 33 nitrogen and oxygen atoms in total.